The van der Waals surface area contributed by atoms with Gasteiger partial charge in [0, 0.05) is 6.54 Å². The molecule has 3 nitrogen and oxygen atoms in total. The van der Waals surface area contributed by atoms with Crippen molar-refractivity contribution in [1.82, 2.24) is 5.32 Å². The Kier molecular flexibility index (Phi) is 2.20. The number of aliphatic hydroxyl groups is 1. The van der Waals surface area contributed by atoms with Gasteiger partial charge >= 0.3 is 0 Å². The van der Waals surface area contributed by atoms with Crippen LogP contribution in [-0.4, -0.2) is 18.8 Å². The van der Waals surface area contributed by atoms with Crippen LogP contribution in [0.4, 0.5) is 0 Å². The van der Waals surface area contributed by atoms with Gasteiger partial charge in [-0.25, -0.2) is 0 Å². The van der Waals surface area contributed by atoms with Crippen molar-refractivity contribution in [3.63, 3.8) is 0 Å². The van der Waals surface area contributed by atoms with Gasteiger partial charge in [-0.3, -0.25) is 5.32 Å². The molecule has 1 atom stereocenters. The van der Waals surface area contributed by atoms with Crippen LogP contribution in [0.3, 0.4) is 0 Å². The summed E-state index contributed by atoms with van der Waals surface area (Å²) < 4.78 is 5.11. The Labute approximate surface area is 77.3 Å². The highest BCUT2D eigenvalue weighted by molar-refractivity contribution is 5.38. The molecule has 0 amide bonds. The molecule has 1 aromatic carbocycles. The quantitative estimate of drug-likeness (QED) is 0.671. The maximum absolute atomic E-state index is 9.57. The highest BCUT2D eigenvalue weighted by atomic mass is 16.5. The van der Waals surface area contributed by atoms with Crippen molar-refractivity contribution in [1.29, 1.82) is 0 Å². The van der Waals surface area contributed by atoms with Gasteiger partial charge in [0.25, 0.3) is 0 Å². The first-order valence-corrected chi connectivity index (χ1v) is 4.39. The minimum absolute atomic E-state index is 0.519. The Bertz CT molecular complexity index is 312. The third-order valence-corrected chi connectivity index (χ3v) is 2.38. The molecule has 0 spiro atoms. The fourth-order valence-corrected chi connectivity index (χ4v) is 1.65. The van der Waals surface area contributed by atoms with Gasteiger partial charge in [0.05, 0.1) is 7.11 Å². The highest BCUT2D eigenvalue weighted by Crippen LogP contribution is 2.24. The normalized spacial score (nSPS) is 20.9. The second kappa shape index (κ2) is 3.36. The molecule has 2 N–H and O–H groups in total. The molecule has 0 aliphatic carbocycles. The van der Waals surface area contributed by atoms with Crippen molar-refractivity contribution in [2.75, 3.05) is 13.7 Å². The molecule has 0 fully saturated rings. The van der Waals surface area contributed by atoms with Crippen LogP contribution in [0.5, 0.6) is 5.75 Å². The van der Waals surface area contributed by atoms with E-state index in [9.17, 15) is 5.11 Å². The van der Waals surface area contributed by atoms with Gasteiger partial charge in [0.15, 0.2) is 0 Å². The molecule has 1 aliphatic rings. The van der Waals surface area contributed by atoms with E-state index < -0.39 is 6.23 Å². The van der Waals surface area contributed by atoms with Crippen molar-refractivity contribution < 1.29 is 9.84 Å². The molecule has 1 aromatic rings. The highest BCUT2D eigenvalue weighted by Gasteiger charge is 2.16. The molecule has 2 rings (SSSR count). The fourth-order valence-electron chi connectivity index (χ4n) is 1.65. The summed E-state index contributed by atoms with van der Waals surface area (Å²) in [6.45, 7) is 0.821. The molecule has 13 heavy (non-hydrogen) atoms. The molecule has 70 valence electrons. The maximum Gasteiger partial charge on any atom is 0.131 e. The number of hydrogen-bond acceptors (Lipinski definition) is 3. The number of fused-ring (bicyclic) bond motifs is 1. The van der Waals surface area contributed by atoms with E-state index in [-0.39, 0.29) is 0 Å². The summed E-state index contributed by atoms with van der Waals surface area (Å²) in [6.07, 6.45) is 0.429. The van der Waals surface area contributed by atoms with Crippen LogP contribution in [-0.2, 0) is 6.42 Å². The predicted octanol–water partition coefficient (Wildman–Crippen LogP) is 0.832. The number of rotatable bonds is 1. The molecule has 3 heteroatoms. The Hall–Kier alpha value is -1.06. The van der Waals surface area contributed by atoms with E-state index in [1.54, 1.807) is 7.11 Å². The Morgan fingerprint density at radius 3 is 3.15 bits per heavy atom. The van der Waals surface area contributed by atoms with Crippen LogP contribution >= 0.6 is 0 Å². The van der Waals surface area contributed by atoms with Crippen molar-refractivity contribution in [3.8, 4) is 5.75 Å². The van der Waals surface area contributed by atoms with Crippen LogP contribution < -0.4 is 10.1 Å². The van der Waals surface area contributed by atoms with Crippen molar-refractivity contribution in [2.45, 2.75) is 12.6 Å². The summed E-state index contributed by atoms with van der Waals surface area (Å²) in [5.74, 6) is 0.854. The van der Waals surface area contributed by atoms with E-state index in [1.807, 2.05) is 18.2 Å². The largest absolute Gasteiger partial charge is 0.497 e. The van der Waals surface area contributed by atoms with Gasteiger partial charge < -0.3 is 9.84 Å². The van der Waals surface area contributed by atoms with E-state index in [0.717, 1.165) is 24.3 Å². The van der Waals surface area contributed by atoms with Gasteiger partial charge in [-0.1, -0.05) is 6.07 Å². The van der Waals surface area contributed by atoms with Gasteiger partial charge in [-0.2, -0.15) is 0 Å². The number of aliphatic hydroxyl groups excluding tert-OH is 1. The van der Waals surface area contributed by atoms with E-state index >= 15 is 0 Å². The molecule has 1 heterocycles. The average molecular weight is 179 g/mol. The van der Waals surface area contributed by atoms with E-state index in [2.05, 4.69) is 5.32 Å². The van der Waals surface area contributed by atoms with E-state index in [0.29, 0.717) is 0 Å². The van der Waals surface area contributed by atoms with Crippen LogP contribution in [0.25, 0.3) is 0 Å². The average Bonchev–Trinajstić information content (AvgIpc) is 2.18. The second-order valence-corrected chi connectivity index (χ2v) is 3.17. The van der Waals surface area contributed by atoms with Gasteiger partial charge in [0.2, 0.25) is 0 Å². The lowest BCUT2D eigenvalue weighted by Gasteiger charge is -2.22. The predicted molar refractivity (Wildman–Crippen MR) is 49.7 cm³/mol. The van der Waals surface area contributed by atoms with Gasteiger partial charge in [0.1, 0.15) is 12.0 Å². The maximum atomic E-state index is 9.57. The number of methoxy groups -OCH3 is 1. The fraction of sp³-hybridized carbons (Fsp3) is 0.400. The molecular weight excluding hydrogens is 166 g/mol. The van der Waals surface area contributed by atoms with Crippen LogP contribution in [0.1, 0.15) is 17.4 Å². The van der Waals surface area contributed by atoms with E-state index in [4.69, 9.17) is 4.74 Å². The summed E-state index contributed by atoms with van der Waals surface area (Å²) in [5, 5.41) is 12.6. The Balaban J connectivity index is 2.39. The minimum atomic E-state index is -0.519. The molecule has 0 saturated carbocycles. The standard InChI is InChI=1S/C10H13NO2/c1-13-8-2-3-9-7(6-8)4-5-11-10(9)12/h2-3,6,10-12H,4-5H2,1H3. The summed E-state index contributed by atoms with van der Waals surface area (Å²) in [5.41, 5.74) is 2.14. The summed E-state index contributed by atoms with van der Waals surface area (Å²) >= 11 is 0. The molecular formula is C10H13NO2. The monoisotopic (exact) mass is 179 g/mol. The zero-order valence-electron chi connectivity index (χ0n) is 7.58. The molecule has 0 radical (unpaired) electrons. The number of hydrogen-bond donors (Lipinski definition) is 2. The SMILES string of the molecule is COc1ccc2c(c1)CCNC2O. The Morgan fingerprint density at radius 1 is 1.54 bits per heavy atom. The lowest BCUT2D eigenvalue weighted by Crippen LogP contribution is -2.29. The second-order valence-electron chi connectivity index (χ2n) is 3.17. The van der Waals surface area contributed by atoms with Gasteiger partial charge in [-0.05, 0) is 29.7 Å². The minimum Gasteiger partial charge on any atom is -0.497 e. The number of nitrogens with one attached hydrogen (secondary N) is 1. The molecule has 1 aliphatic heterocycles. The summed E-state index contributed by atoms with van der Waals surface area (Å²) in [7, 11) is 1.65. The summed E-state index contributed by atoms with van der Waals surface area (Å²) in [4.78, 5) is 0. The first-order chi connectivity index (χ1) is 6.31. The molecule has 1 unspecified atom stereocenters. The number of ether oxygens (including phenoxy) is 1. The lowest BCUT2D eigenvalue weighted by atomic mass is 9.99. The van der Waals surface area contributed by atoms with Crippen LogP contribution in [0, 0.1) is 0 Å². The van der Waals surface area contributed by atoms with E-state index in [1.165, 1.54) is 5.56 Å². The van der Waals surface area contributed by atoms with Crippen LogP contribution in [0.2, 0.25) is 0 Å². The van der Waals surface area contributed by atoms with Crippen molar-refractivity contribution in [3.05, 3.63) is 29.3 Å². The molecule has 0 bridgehead atoms. The van der Waals surface area contributed by atoms with Crippen LogP contribution in [0.15, 0.2) is 18.2 Å². The van der Waals surface area contributed by atoms with Crippen molar-refractivity contribution in [2.24, 2.45) is 0 Å². The number of benzene rings is 1. The Morgan fingerprint density at radius 2 is 2.38 bits per heavy atom. The first kappa shape index (κ1) is 8.53. The zero-order chi connectivity index (χ0) is 9.26. The topological polar surface area (TPSA) is 41.5 Å². The third-order valence-electron chi connectivity index (χ3n) is 2.38. The zero-order valence-corrected chi connectivity index (χ0v) is 7.58. The van der Waals surface area contributed by atoms with Gasteiger partial charge in [-0.15, -0.1) is 0 Å². The molecule has 0 saturated heterocycles. The smallest absolute Gasteiger partial charge is 0.131 e. The molecule has 0 aromatic heterocycles. The third kappa shape index (κ3) is 1.53. The summed E-state index contributed by atoms with van der Waals surface area (Å²) in [6, 6.07) is 5.76. The van der Waals surface area contributed by atoms with Crippen molar-refractivity contribution >= 4 is 0 Å². The first-order valence-electron chi connectivity index (χ1n) is 4.39. The lowest BCUT2D eigenvalue weighted by molar-refractivity contribution is 0.132.